The van der Waals surface area contributed by atoms with Crippen molar-refractivity contribution in [2.75, 3.05) is 25.7 Å². The van der Waals surface area contributed by atoms with E-state index >= 15 is 0 Å². The molecule has 1 heterocycles. The van der Waals surface area contributed by atoms with Crippen molar-refractivity contribution in [2.24, 2.45) is 0 Å². The molecule has 0 radical (unpaired) electrons. The van der Waals surface area contributed by atoms with E-state index in [0.29, 0.717) is 6.61 Å². The van der Waals surface area contributed by atoms with Crippen molar-refractivity contribution >= 4 is 21.7 Å². The van der Waals surface area contributed by atoms with Crippen LogP contribution >= 0.6 is 15.9 Å². The van der Waals surface area contributed by atoms with Gasteiger partial charge in [-0.25, -0.2) is 4.68 Å². The summed E-state index contributed by atoms with van der Waals surface area (Å²) in [5.41, 5.74) is 3.32. The van der Waals surface area contributed by atoms with Crippen LogP contribution in [0.4, 0.5) is 5.82 Å². The molecule has 0 saturated heterocycles. The van der Waals surface area contributed by atoms with Gasteiger partial charge in [-0.3, -0.25) is 0 Å². The van der Waals surface area contributed by atoms with Crippen LogP contribution in [0.2, 0.25) is 0 Å². The summed E-state index contributed by atoms with van der Waals surface area (Å²) < 4.78 is 7.30. The topological polar surface area (TPSA) is 30.3 Å². The van der Waals surface area contributed by atoms with Crippen molar-refractivity contribution in [3.63, 3.8) is 0 Å². The van der Waals surface area contributed by atoms with Crippen LogP contribution in [0.1, 0.15) is 18.2 Å². The Morgan fingerprint density at radius 2 is 2.00 bits per heavy atom. The fourth-order valence-electron chi connectivity index (χ4n) is 2.38. The Balaban J connectivity index is 2.52. The van der Waals surface area contributed by atoms with Crippen LogP contribution < -0.4 is 4.90 Å². The van der Waals surface area contributed by atoms with Gasteiger partial charge in [-0.15, -0.1) is 0 Å². The number of likely N-dealkylation sites (N-methyl/N-ethyl adjacent to an activating group) is 1. The fraction of sp³-hybridized carbons (Fsp3) is 0.438. The molecule has 0 saturated carbocycles. The number of benzene rings is 1. The molecule has 0 aliphatic heterocycles. The Labute approximate surface area is 134 Å². The van der Waals surface area contributed by atoms with Crippen LogP contribution in [-0.2, 0) is 10.1 Å². The number of aromatic nitrogens is 2. The molecule has 0 bridgehead atoms. The summed E-state index contributed by atoms with van der Waals surface area (Å²) in [6.45, 7) is 4.88. The molecule has 0 amide bonds. The number of hydrogen-bond donors (Lipinski definition) is 0. The molecule has 0 fully saturated rings. The van der Waals surface area contributed by atoms with E-state index in [-0.39, 0.29) is 6.04 Å². The van der Waals surface area contributed by atoms with E-state index in [9.17, 15) is 0 Å². The first-order valence-corrected chi connectivity index (χ1v) is 8.14. The van der Waals surface area contributed by atoms with Crippen LogP contribution in [0.15, 0.2) is 30.3 Å². The summed E-state index contributed by atoms with van der Waals surface area (Å²) in [5.74, 6) is 1.11. The summed E-state index contributed by atoms with van der Waals surface area (Å²) in [4.78, 5) is 2.23. The number of ether oxygens (including phenoxy) is 1. The van der Waals surface area contributed by atoms with Gasteiger partial charge in [-0.05, 0) is 26.0 Å². The third-order valence-corrected chi connectivity index (χ3v) is 4.26. The number of hydrogen-bond acceptors (Lipinski definition) is 3. The molecule has 0 aliphatic carbocycles. The molecule has 1 aromatic heterocycles. The lowest BCUT2D eigenvalue weighted by Crippen LogP contribution is -2.34. The van der Waals surface area contributed by atoms with Gasteiger partial charge >= 0.3 is 0 Å². The smallest absolute Gasteiger partial charge is 0.136 e. The summed E-state index contributed by atoms with van der Waals surface area (Å²) in [6, 6.07) is 10.5. The molecule has 0 aliphatic rings. The second kappa shape index (κ2) is 7.09. The highest BCUT2D eigenvalue weighted by atomic mass is 79.9. The van der Waals surface area contributed by atoms with Gasteiger partial charge in [0, 0.05) is 25.1 Å². The van der Waals surface area contributed by atoms with Crippen molar-refractivity contribution in [3.8, 4) is 5.69 Å². The molecule has 21 heavy (non-hydrogen) atoms. The van der Waals surface area contributed by atoms with Crippen LogP contribution in [0.25, 0.3) is 5.69 Å². The van der Waals surface area contributed by atoms with E-state index in [1.54, 1.807) is 7.11 Å². The van der Waals surface area contributed by atoms with E-state index in [1.807, 2.05) is 29.8 Å². The third-order valence-electron chi connectivity index (χ3n) is 3.69. The number of alkyl halides is 1. The standard InChI is InChI=1S/C16H22BrN3O/c1-12(11-21-4)19(3)16-15(10-17)13(2)18-20(16)14-8-6-5-7-9-14/h5-9,12H,10-11H2,1-4H3. The second-order valence-corrected chi connectivity index (χ2v) is 5.74. The Kier molecular flexibility index (Phi) is 5.42. The highest BCUT2D eigenvalue weighted by Crippen LogP contribution is 2.29. The Morgan fingerprint density at radius 1 is 1.33 bits per heavy atom. The van der Waals surface area contributed by atoms with E-state index in [0.717, 1.165) is 22.5 Å². The summed E-state index contributed by atoms with van der Waals surface area (Å²) >= 11 is 3.59. The lowest BCUT2D eigenvalue weighted by Gasteiger charge is -2.28. The minimum atomic E-state index is 0.270. The lowest BCUT2D eigenvalue weighted by molar-refractivity contribution is 0.183. The number of halogens is 1. The quantitative estimate of drug-likeness (QED) is 0.745. The minimum absolute atomic E-state index is 0.270. The second-order valence-electron chi connectivity index (χ2n) is 5.18. The molecule has 0 N–H and O–H groups in total. The highest BCUT2D eigenvalue weighted by molar-refractivity contribution is 9.08. The van der Waals surface area contributed by atoms with Gasteiger partial charge in [0.25, 0.3) is 0 Å². The van der Waals surface area contributed by atoms with Gasteiger partial charge in [0.1, 0.15) is 5.82 Å². The molecule has 1 unspecified atom stereocenters. The largest absolute Gasteiger partial charge is 0.383 e. The summed E-state index contributed by atoms with van der Waals surface area (Å²) in [6.07, 6.45) is 0. The maximum Gasteiger partial charge on any atom is 0.136 e. The number of anilines is 1. The average Bonchev–Trinajstić information content (AvgIpc) is 2.84. The van der Waals surface area contributed by atoms with Crippen molar-refractivity contribution in [3.05, 3.63) is 41.6 Å². The van der Waals surface area contributed by atoms with Gasteiger partial charge in [0.2, 0.25) is 0 Å². The van der Waals surface area contributed by atoms with E-state index < -0.39 is 0 Å². The zero-order chi connectivity index (χ0) is 15.4. The number of methoxy groups -OCH3 is 1. The number of aryl methyl sites for hydroxylation is 1. The molecule has 2 aromatic rings. The third kappa shape index (κ3) is 3.30. The molecular formula is C16H22BrN3O. The predicted molar refractivity (Wildman–Crippen MR) is 90.7 cm³/mol. The predicted octanol–water partition coefficient (Wildman–Crippen LogP) is 3.55. The van der Waals surface area contributed by atoms with Gasteiger partial charge in [0.05, 0.1) is 24.0 Å². The molecule has 4 nitrogen and oxygen atoms in total. The summed E-state index contributed by atoms with van der Waals surface area (Å²) in [5, 5.41) is 5.50. The van der Waals surface area contributed by atoms with Crippen molar-refractivity contribution < 1.29 is 4.74 Å². The molecule has 1 atom stereocenters. The minimum Gasteiger partial charge on any atom is -0.383 e. The first kappa shape index (κ1) is 16.0. The maximum absolute atomic E-state index is 5.29. The molecule has 5 heteroatoms. The SMILES string of the molecule is COCC(C)N(C)c1c(CBr)c(C)nn1-c1ccccc1. The van der Waals surface area contributed by atoms with Gasteiger partial charge in [-0.2, -0.15) is 5.10 Å². The van der Waals surface area contributed by atoms with E-state index in [2.05, 4.69) is 46.9 Å². The van der Waals surface area contributed by atoms with Crippen LogP contribution in [0, 0.1) is 6.92 Å². The zero-order valence-electron chi connectivity index (χ0n) is 13.0. The van der Waals surface area contributed by atoms with Crippen LogP contribution in [0.3, 0.4) is 0 Å². The maximum atomic E-state index is 5.29. The van der Waals surface area contributed by atoms with Crippen LogP contribution in [-0.4, -0.2) is 36.6 Å². The van der Waals surface area contributed by atoms with Gasteiger partial charge < -0.3 is 9.64 Å². The average molecular weight is 352 g/mol. The Hall–Kier alpha value is -1.33. The molecule has 114 valence electrons. The molecule has 0 spiro atoms. The molecular weight excluding hydrogens is 330 g/mol. The first-order valence-electron chi connectivity index (χ1n) is 7.01. The van der Waals surface area contributed by atoms with Gasteiger partial charge in [-0.1, -0.05) is 34.1 Å². The molecule has 1 aromatic carbocycles. The summed E-state index contributed by atoms with van der Waals surface area (Å²) in [7, 11) is 3.82. The van der Waals surface area contributed by atoms with Gasteiger partial charge in [0.15, 0.2) is 0 Å². The number of para-hydroxylation sites is 1. The number of nitrogens with zero attached hydrogens (tertiary/aromatic N) is 3. The fourth-order valence-corrected chi connectivity index (χ4v) is 3.03. The lowest BCUT2D eigenvalue weighted by atomic mass is 10.2. The van der Waals surface area contributed by atoms with Crippen LogP contribution in [0.5, 0.6) is 0 Å². The van der Waals surface area contributed by atoms with E-state index in [1.165, 1.54) is 5.56 Å². The van der Waals surface area contributed by atoms with Crippen molar-refractivity contribution in [2.45, 2.75) is 25.2 Å². The Bertz CT molecular complexity index is 583. The van der Waals surface area contributed by atoms with E-state index in [4.69, 9.17) is 9.84 Å². The highest BCUT2D eigenvalue weighted by Gasteiger charge is 2.22. The first-order chi connectivity index (χ1) is 10.1. The zero-order valence-corrected chi connectivity index (χ0v) is 14.6. The Morgan fingerprint density at radius 3 is 2.57 bits per heavy atom. The van der Waals surface area contributed by atoms with Crippen molar-refractivity contribution in [1.29, 1.82) is 0 Å². The molecule has 2 rings (SSSR count). The monoisotopic (exact) mass is 351 g/mol. The number of rotatable bonds is 6. The normalized spacial score (nSPS) is 12.4. The van der Waals surface area contributed by atoms with Crippen molar-refractivity contribution in [1.82, 2.24) is 9.78 Å².